The van der Waals surface area contributed by atoms with Gasteiger partial charge < -0.3 is 9.33 Å². The largest absolute Gasteiger partial charge is 0.416 e. The Morgan fingerprint density at radius 1 is 1.41 bits per heavy atom. The monoisotopic (exact) mass is 432 g/mol. The molecule has 0 amide bonds. The zero-order valence-electron chi connectivity index (χ0n) is 14.7. The van der Waals surface area contributed by atoms with Crippen molar-refractivity contribution in [2.24, 2.45) is 5.92 Å². The molecule has 2 heterocycles. The molecule has 0 aromatic carbocycles. The van der Waals surface area contributed by atoms with Crippen molar-refractivity contribution < 1.29 is 4.43 Å². The summed E-state index contributed by atoms with van der Waals surface area (Å²) in [4.78, 5) is 7.05. The number of aromatic nitrogens is 1. The molecule has 1 aromatic heterocycles. The molecule has 0 aliphatic carbocycles. The van der Waals surface area contributed by atoms with Crippen LogP contribution in [0, 0.1) is 16.4 Å². The maximum absolute atomic E-state index is 6.40. The molecule has 2 rings (SSSR count). The molecule has 1 saturated heterocycles. The number of rotatable bonds is 4. The van der Waals surface area contributed by atoms with Crippen LogP contribution in [0.4, 0.5) is 5.82 Å². The number of anilines is 1. The number of halogens is 1. The molecule has 1 aromatic rings. The van der Waals surface area contributed by atoms with E-state index >= 15 is 0 Å². The van der Waals surface area contributed by atoms with Crippen LogP contribution in [-0.2, 0) is 4.43 Å². The normalized spacial score (nSPS) is 19.8. The zero-order valence-corrected chi connectivity index (χ0v) is 17.9. The van der Waals surface area contributed by atoms with Crippen LogP contribution in [-0.4, -0.2) is 33.0 Å². The van der Waals surface area contributed by atoms with Gasteiger partial charge in [0.25, 0.3) is 0 Å². The molecule has 0 unspecified atom stereocenters. The van der Waals surface area contributed by atoms with E-state index in [9.17, 15) is 0 Å². The van der Waals surface area contributed by atoms with Crippen LogP contribution in [0.5, 0.6) is 0 Å². The maximum atomic E-state index is 6.40. The smallest absolute Gasteiger partial charge is 0.191 e. The Balaban J connectivity index is 1.93. The quantitative estimate of drug-likeness (QED) is 0.503. The molecule has 124 valence electrons. The molecule has 3 nitrogen and oxygen atoms in total. The van der Waals surface area contributed by atoms with Gasteiger partial charge in [-0.2, -0.15) is 0 Å². The Hall–Kier alpha value is -0.143. The van der Waals surface area contributed by atoms with Crippen LogP contribution in [0.3, 0.4) is 0 Å². The third-order valence-electron chi connectivity index (χ3n) is 5.03. The van der Waals surface area contributed by atoms with Gasteiger partial charge in [-0.1, -0.05) is 20.8 Å². The Morgan fingerprint density at radius 2 is 2.09 bits per heavy atom. The summed E-state index contributed by atoms with van der Waals surface area (Å²) in [6.07, 6.45) is 3.18. The fraction of sp³-hybridized carbons (Fsp3) is 0.706. The van der Waals surface area contributed by atoms with E-state index in [4.69, 9.17) is 4.43 Å². The van der Waals surface area contributed by atoms with E-state index in [2.05, 4.69) is 79.3 Å². The number of hydrogen-bond donors (Lipinski definition) is 0. The van der Waals surface area contributed by atoms with Crippen LogP contribution in [0.2, 0.25) is 18.1 Å². The highest BCUT2D eigenvalue weighted by molar-refractivity contribution is 14.1. The molecule has 5 heteroatoms. The zero-order chi connectivity index (χ0) is 16.5. The number of pyridine rings is 1. The van der Waals surface area contributed by atoms with Gasteiger partial charge in [-0.15, -0.1) is 0 Å². The predicted molar refractivity (Wildman–Crippen MR) is 105 cm³/mol. The van der Waals surface area contributed by atoms with E-state index in [1.165, 1.54) is 15.6 Å². The average Bonchev–Trinajstić information content (AvgIpc) is 2.83. The lowest BCUT2D eigenvalue weighted by Crippen LogP contribution is -2.42. The number of hydrogen-bond acceptors (Lipinski definition) is 3. The van der Waals surface area contributed by atoms with E-state index in [0.717, 1.165) is 25.5 Å². The van der Waals surface area contributed by atoms with E-state index < -0.39 is 8.32 Å². The molecule has 1 atom stereocenters. The highest BCUT2D eigenvalue weighted by atomic mass is 127. The lowest BCUT2D eigenvalue weighted by atomic mass is 10.1. The second-order valence-corrected chi connectivity index (χ2v) is 14.0. The topological polar surface area (TPSA) is 25.4 Å². The van der Waals surface area contributed by atoms with Gasteiger partial charge in [0.15, 0.2) is 8.32 Å². The molecular weight excluding hydrogens is 403 g/mol. The second-order valence-electron chi connectivity index (χ2n) is 7.99. The third kappa shape index (κ3) is 4.23. The fourth-order valence-corrected chi connectivity index (χ4v) is 4.52. The summed E-state index contributed by atoms with van der Waals surface area (Å²) in [7, 11) is -1.63. The summed E-state index contributed by atoms with van der Waals surface area (Å²) in [6.45, 7) is 16.7. The van der Waals surface area contributed by atoms with E-state index in [1.807, 2.05) is 6.20 Å². The highest BCUT2D eigenvalue weighted by Gasteiger charge is 2.38. The van der Waals surface area contributed by atoms with Crippen LogP contribution >= 0.6 is 22.6 Å². The van der Waals surface area contributed by atoms with E-state index in [1.54, 1.807) is 0 Å². The van der Waals surface area contributed by atoms with Gasteiger partial charge >= 0.3 is 0 Å². The lowest BCUT2D eigenvalue weighted by molar-refractivity contribution is 0.238. The predicted octanol–water partition coefficient (Wildman–Crippen LogP) is 4.84. The molecule has 22 heavy (non-hydrogen) atoms. The summed E-state index contributed by atoms with van der Waals surface area (Å²) in [5.74, 6) is 1.77. The maximum Gasteiger partial charge on any atom is 0.191 e. The Morgan fingerprint density at radius 3 is 2.68 bits per heavy atom. The molecule has 0 radical (unpaired) electrons. The van der Waals surface area contributed by atoms with Crippen LogP contribution in [0.25, 0.3) is 0 Å². The molecule has 0 N–H and O–H groups in total. The van der Waals surface area contributed by atoms with Gasteiger partial charge in [0.2, 0.25) is 0 Å². The molecule has 0 bridgehead atoms. The lowest BCUT2D eigenvalue weighted by Gasteiger charge is -2.37. The molecule has 1 fully saturated rings. The van der Waals surface area contributed by atoms with Gasteiger partial charge in [-0.25, -0.2) is 4.98 Å². The molecule has 0 saturated carbocycles. The summed E-state index contributed by atoms with van der Waals surface area (Å²) < 4.78 is 7.65. The summed E-state index contributed by atoms with van der Waals surface area (Å²) in [5.41, 5.74) is 1.23. The van der Waals surface area contributed by atoms with Crippen molar-refractivity contribution in [3.63, 3.8) is 0 Å². The van der Waals surface area contributed by atoms with Gasteiger partial charge in [0, 0.05) is 31.8 Å². The Kier molecular flexibility index (Phi) is 5.60. The molecule has 1 aliphatic rings. The highest BCUT2D eigenvalue weighted by Crippen LogP contribution is 2.37. The first-order valence-corrected chi connectivity index (χ1v) is 12.1. The van der Waals surface area contributed by atoms with E-state index in [0.29, 0.717) is 11.0 Å². The fourth-order valence-electron chi connectivity index (χ4n) is 2.46. The van der Waals surface area contributed by atoms with Crippen molar-refractivity contribution >= 4 is 36.7 Å². The van der Waals surface area contributed by atoms with Crippen molar-refractivity contribution in [3.05, 3.63) is 21.4 Å². The first kappa shape index (κ1) is 18.2. The van der Waals surface area contributed by atoms with Crippen molar-refractivity contribution in [3.8, 4) is 0 Å². The van der Waals surface area contributed by atoms with Gasteiger partial charge in [0.05, 0.1) is 3.57 Å². The number of aryl methyl sites for hydroxylation is 1. The third-order valence-corrected chi connectivity index (χ3v) is 10.3. The van der Waals surface area contributed by atoms with Crippen LogP contribution in [0.15, 0.2) is 12.3 Å². The van der Waals surface area contributed by atoms with Crippen molar-refractivity contribution in [2.75, 3.05) is 24.6 Å². The summed E-state index contributed by atoms with van der Waals surface area (Å²) >= 11 is 2.40. The molecule has 1 aliphatic heterocycles. The SMILES string of the molecule is Cc1cnc(N2CC[C@@H](CO[Si](C)(C)C(C)(C)C)C2)c(I)c1. The minimum Gasteiger partial charge on any atom is -0.416 e. The van der Waals surface area contributed by atoms with Crippen molar-refractivity contribution in [2.45, 2.75) is 52.2 Å². The van der Waals surface area contributed by atoms with Gasteiger partial charge in [-0.05, 0) is 65.7 Å². The Labute approximate surface area is 150 Å². The minimum atomic E-state index is -1.63. The second kappa shape index (κ2) is 6.77. The van der Waals surface area contributed by atoms with Crippen molar-refractivity contribution in [1.82, 2.24) is 4.98 Å². The average molecular weight is 432 g/mol. The van der Waals surface area contributed by atoms with Gasteiger partial charge in [-0.3, -0.25) is 0 Å². The molecule has 0 spiro atoms. The Bertz CT molecular complexity index is 528. The first-order chi connectivity index (χ1) is 10.1. The molecular formula is C17H29IN2OSi. The minimum absolute atomic E-state index is 0.291. The standard InChI is InChI=1S/C17H29IN2OSi/c1-13-9-15(18)16(19-10-13)20-8-7-14(11-20)12-21-22(5,6)17(2,3)4/h9-10,14H,7-8,11-12H2,1-6H3/t14-/m1/s1. The summed E-state index contributed by atoms with van der Waals surface area (Å²) in [5, 5.41) is 0.291. The number of nitrogens with zero attached hydrogens (tertiary/aromatic N) is 2. The van der Waals surface area contributed by atoms with Gasteiger partial charge in [0.1, 0.15) is 5.82 Å². The van der Waals surface area contributed by atoms with Crippen LogP contribution in [0.1, 0.15) is 32.8 Å². The summed E-state index contributed by atoms with van der Waals surface area (Å²) in [6, 6.07) is 2.21. The van der Waals surface area contributed by atoms with Crippen molar-refractivity contribution in [1.29, 1.82) is 0 Å². The first-order valence-electron chi connectivity index (χ1n) is 8.11. The van der Waals surface area contributed by atoms with E-state index in [-0.39, 0.29) is 0 Å². The van der Waals surface area contributed by atoms with Crippen LogP contribution < -0.4 is 4.90 Å².